The fourth-order valence-electron chi connectivity index (χ4n) is 3.60. The van der Waals surface area contributed by atoms with Gasteiger partial charge >= 0.3 is 14.4 Å². The summed E-state index contributed by atoms with van der Waals surface area (Å²) in [6.45, 7) is 6.75. The van der Waals surface area contributed by atoms with Crippen LogP contribution in [0, 0.1) is 0 Å². The smallest absolute Gasteiger partial charge is 0.411 e. The topological polar surface area (TPSA) is 24.4 Å². The van der Waals surface area contributed by atoms with Gasteiger partial charge in [-0.05, 0) is 47.2 Å². The van der Waals surface area contributed by atoms with Crippen LogP contribution in [-0.2, 0) is 6.42 Å². The maximum Gasteiger partial charge on any atom is 0.411 e. The predicted octanol–water partition coefficient (Wildman–Crippen LogP) is 7.23. The van der Waals surface area contributed by atoms with Crippen molar-refractivity contribution in [2.75, 3.05) is 4.30 Å². The van der Waals surface area contributed by atoms with E-state index in [0.29, 0.717) is 5.92 Å². The number of hydrogen-bond donors (Lipinski definition) is 1. The lowest BCUT2D eigenvalue weighted by molar-refractivity contribution is 0.867. The van der Waals surface area contributed by atoms with Crippen molar-refractivity contribution < 1.29 is 0 Å². The lowest BCUT2D eigenvalue weighted by Crippen LogP contribution is -2.24. The maximum absolute atomic E-state index is 4.84. The summed E-state index contributed by atoms with van der Waals surface area (Å²) in [6.07, 6.45) is 3.14. The van der Waals surface area contributed by atoms with Crippen LogP contribution in [0.3, 0.4) is 0 Å². The third-order valence-electron chi connectivity index (χ3n) is 5.36. The van der Waals surface area contributed by atoms with E-state index in [9.17, 15) is 0 Å². The molecule has 0 aliphatic heterocycles. The van der Waals surface area contributed by atoms with E-state index in [2.05, 4.69) is 104 Å². The highest BCUT2D eigenvalue weighted by molar-refractivity contribution is 6.62. The molecule has 0 aliphatic rings. The summed E-state index contributed by atoms with van der Waals surface area (Å²) in [4.78, 5) is 4.84. The van der Waals surface area contributed by atoms with Crippen LogP contribution in [-0.4, -0.2) is 20.6 Å². The maximum atomic E-state index is 4.84. The molecule has 0 radical (unpaired) electrons. The minimum atomic E-state index is -1.03. The van der Waals surface area contributed by atoms with Crippen molar-refractivity contribution in [3.05, 3.63) is 95.6 Å². The van der Waals surface area contributed by atoms with E-state index in [1.807, 2.05) is 6.21 Å². The second kappa shape index (κ2) is 11.0. The van der Waals surface area contributed by atoms with Crippen LogP contribution in [0.15, 0.2) is 83.9 Å². The summed E-state index contributed by atoms with van der Waals surface area (Å²) >= 11 is -1.03. The van der Waals surface area contributed by atoms with Gasteiger partial charge in [-0.25, -0.2) is 0 Å². The molecule has 0 saturated carbocycles. The Morgan fingerprint density at radius 1 is 0.897 bits per heavy atom. The molecule has 3 aromatic rings. The molecule has 0 saturated heterocycles. The molecule has 1 N–H and O–H groups in total. The largest absolute Gasteiger partial charge is 0.476 e. The second-order valence-electron chi connectivity index (χ2n) is 7.82. The van der Waals surface area contributed by atoms with Crippen LogP contribution in [0.25, 0.3) is 0 Å². The number of anilines is 1. The Kier molecular flexibility index (Phi) is 8.11. The lowest BCUT2D eigenvalue weighted by Gasteiger charge is -2.14. The second-order valence-corrected chi connectivity index (χ2v) is 10.9. The molecular formula is C26H31AlN2. The molecule has 29 heavy (non-hydrogen) atoms. The highest BCUT2D eigenvalue weighted by atomic mass is 27.2. The normalized spacial score (nSPS) is 11.2. The molecule has 0 atom stereocenters. The predicted molar refractivity (Wildman–Crippen MR) is 129 cm³/mol. The first-order chi connectivity index (χ1) is 14.2. The zero-order chi connectivity index (χ0) is 20.5. The van der Waals surface area contributed by atoms with E-state index in [-0.39, 0.29) is 0 Å². The summed E-state index contributed by atoms with van der Waals surface area (Å²) in [7, 11) is 0. The van der Waals surface area contributed by atoms with E-state index in [1.54, 1.807) is 0 Å². The number of rotatable bonds is 9. The molecule has 148 valence electrons. The Morgan fingerprint density at radius 3 is 2.34 bits per heavy atom. The number of hydrogen-bond acceptors (Lipinski definition) is 2. The van der Waals surface area contributed by atoms with Gasteiger partial charge in [0.2, 0.25) is 0 Å². The van der Waals surface area contributed by atoms with Crippen LogP contribution in [0.5, 0.6) is 0 Å². The minimum absolute atomic E-state index is 0.471. The number of nitrogens with one attached hydrogen (secondary N) is 1. The molecule has 0 aromatic heterocycles. The van der Waals surface area contributed by atoms with E-state index < -0.39 is 14.4 Å². The lowest BCUT2D eigenvalue weighted by atomic mass is 10.0. The van der Waals surface area contributed by atoms with Crippen LogP contribution < -0.4 is 4.30 Å². The van der Waals surface area contributed by atoms with Crippen LogP contribution in [0.1, 0.15) is 43.4 Å². The van der Waals surface area contributed by atoms with Gasteiger partial charge in [-0.3, -0.25) is 4.99 Å². The van der Waals surface area contributed by atoms with Gasteiger partial charge in [-0.15, -0.1) is 0 Å². The molecule has 0 spiro atoms. The van der Waals surface area contributed by atoms with Gasteiger partial charge in [0, 0.05) is 11.9 Å². The highest BCUT2D eigenvalue weighted by Gasteiger charge is 2.17. The van der Waals surface area contributed by atoms with E-state index in [4.69, 9.17) is 4.99 Å². The van der Waals surface area contributed by atoms with Gasteiger partial charge in [0.1, 0.15) is 0 Å². The Balaban J connectivity index is 1.70. The van der Waals surface area contributed by atoms with E-state index in [0.717, 1.165) is 12.1 Å². The number of benzene rings is 3. The van der Waals surface area contributed by atoms with Crippen LogP contribution in [0.2, 0.25) is 10.6 Å². The number of para-hydroxylation sites is 2. The number of aliphatic imine (C=N–C) groups is 1. The average molecular weight is 399 g/mol. The van der Waals surface area contributed by atoms with Crippen molar-refractivity contribution in [2.45, 2.75) is 43.7 Å². The summed E-state index contributed by atoms with van der Waals surface area (Å²) in [5, 5.41) is 2.48. The molecule has 0 aliphatic carbocycles. The van der Waals surface area contributed by atoms with Crippen molar-refractivity contribution in [1.29, 1.82) is 0 Å². The molecular weight excluding hydrogens is 367 g/mol. The van der Waals surface area contributed by atoms with Crippen LogP contribution >= 0.6 is 0 Å². The van der Waals surface area contributed by atoms with Gasteiger partial charge in [0.15, 0.2) is 0 Å². The standard InChI is InChI=1S/C18H20N.C6H6N.C2H5.Al/c1-4-15-9-5-6-10-16(15)13-19-18-12-8-7-11-17(18)14(2)3;7-6-4-2-1-3-5-6;1-2;/h5-14H,1,4H2,2-3H3;1-5,7H;1H2,2H3;/q;-1;;+1. The number of aryl methyl sites for hydroxylation is 1. The molecule has 0 amide bonds. The molecule has 3 heteroatoms. The summed E-state index contributed by atoms with van der Waals surface area (Å²) in [5.74, 6) is 0.471. The third kappa shape index (κ3) is 6.33. The van der Waals surface area contributed by atoms with Gasteiger partial charge in [0.05, 0.1) is 5.69 Å². The minimum Gasteiger partial charge on any atom is -0.476 e. The Morgan fingerprint density at radius 2 is 1.59 bits per heavy atom. The summed E-state index contributed by atoms with van der Waals surface area (Å²) < 4.78 is 3.80. The third-order valence-corrected chi connectivity index (χ3v) is 8.07. The van der Waals surface area contributed by atoms with E-state index in [1.165, 1.54) is 32.9 Å². The van der Waals surface area contributed by atoms with Crippen LogP contribution in [0.4, 0.5) is 11.4 Å². The van der Waals surface area contributed by atoms with Gasteiger partial charge in [-0.1, -0.05) is 92.0 Å². The molecule has 0 heterocycles. The zero-order valence-corrected chi connectivity index (χ0v) is 19.0. The van der Waals surface area contributed by atoms with Crippen molar-refractivity contribution in [3.63, 3.8) is 0 Å². The fraction of sp³-hybridized carbons (Fsp3) is 0.269. The van der Waals surface area contributed by atoms with Gasteiger partial charge < -0.3 is 4.30 Å². The Hall–Kier alpha value is -2.34. The molecule has 2 nitrogen and oxygen atoms in total. The first kappa shape index (κ1) is 21.4. The Labute approximate surface area is 180 Å². The highest BCUT2D eigenvalue weighted by Crippen LogP contribution is 2.26. The van der Waals surface area contributed by atoms with Gasteiger partial charge in [-0.2, -0.15) is 0 Å². The van der Waals surface area contributed by atoms with E-state index >= 15 is 0 Å². The quantitative estimate of drug-likeness (QED) is 0.298. The molecule has 0 unspecified atom stereocenters. The van der Waals surface area contributed by atoms with Crippen molar-refractivity contribution in [1.82, 2.24) is 0 Å². The van der Waals surface area contributed by atoms with Crippen molar-refractivity contribution in [2.24, 2.45) is 4.99 Å². The first-order valence-electron chi connectivity index (χ1n) is 10.7. The molecule has 3 rings (SSSR count). The fourth-order valence-corrected chi connectivity index (χ4v) is 5.68. The monoisotopic (exact) mass is 398 g/mol. The van der Waals surface area contributed by atoms with Crippen molar-refractivity contribution >= 4 is 32.0 Å². The SMILES string of the molecule is C[CH2][Al]([CH2]Cc1ccccc1C=Nc1ccccc1C(C)C)[NH]c1ccccc1. The zero-order valence-electron chi connectivity index (χ0n) is 17.8. The number of nitrogens with zero attached hydrogens (tertiary/aromatic N) is 1. The molecule has 3 aromatic carbocycles. The Bertz CT molecular complexity index is 919. The average Bonchev–Trinajstić information content (AvgIpc) is 2.76. The summed E-state index contributed by atoms with van der Waals surface area (Å²) in [5.41, 5.74) is 6.25. The molecule has 0 bridgehead atoms. The van der Waals surface area contributed by atoms with Gasteiger partial charge in [0.25, 0.3) is 0 Å². The molecule has 0 fully saturated rings. The van der Waals surface area contributed by atoms with Crippen molar-refractivity contribution in [3.8, 4) is 0 Å². The summed E-state index contributed by atoms with van der Waals surface area (Å²) in [6, 6.07) is 27.7. The first-order valence-corrected chi connectivity index (χ1v) is 12.9.